The van der Waals surface area contributed by atoms with E-state index in [1.165, 1.54) is 23.6 Å². The molecule has 0 spiro atoms. The number of phenolic OH excluding ortho intramolecular Hbond substituents is 3. The summed E-state index contributed by atoms with van der Waals surface area (Å²) in [5.41, 5.74) is 17.3. The third-order valence-electron chi connectivity index (χ3n) is 8.57. The maximum absolute atomic E-state index is 12.6. The highest BCUT2D eigenvalue weighted by Crippen LogP contribution is 2.46. The van der Waals surface area contributed by atoms with Crippen LogP contribution in [0.25, 0.3) is 55.2 Å². The van der Waals surface area contributed by atoms with E-state index in [0.717, 1.165) is 11.3 Å². The maximum atomic E-state index is 12.6. The van der Waals surface area contributed by atoms with Crippen LogP contribution in [0.2, 0.25) is 0 Å². The molecule has 0 aliphatic rings. The van der Waals surface area contributed by atoms with E-state index in [1.807, 2.05) is 49.6 Å². The van der Waals surface area contributed by atoms with Crippen molar-refractivity contribution < 1.29 is 19.7 Å². The van der Waals surface area contributed by atoms with Gasteiger partial charge >= 0.3 is 5.63 Å². The van der Waals surface area contributed by atoms with Gasteiger partial charge in [-0.2, -0.15) is 0 Å². The van der Waals surface area contributed by atoms with Gasteiger partial charge in [-0.15, -0.1) is 11.3 Å². The molecule has 0 aliphatic carbocycles. The van der Waals surface area contributed by atoms with Crippen molar-refractivity contribution in [2.24, 2.45) is 0 Å². The van der Waals surface area contributed by atoms with Crippen LogP contribution in [-0.2, 0) is 12.8 Å². The van der Waals surface area contributed by atoms with E-state index in [0.29, 0.717) is 61.5 Å². The molecule has 0 atom stereocenters. The first kappa shape index (κ1) is 32.2. The SMILES string of the molecule is CCc1cc(-c2nc(N)ncc2-c2nc(C)cs2)c(O)c(Cc2cnc(N)nc2-c2cc3c(-c4ccccc4)cc(=O)oc3c(C)c2O)c1O. The first-order chi connectivity index (χ1) is 24.0. The minimum absolute atomic E-state index is 0.00572. The van der Waals surface area contributed by atoms with Gasteiger partial charge in [-0.25, -0.2) is 29.7 Å². The molecule has 0 bridgehead atoms. The minimum Gasteiger partial charge on any atom is -0.507 e. The number of nitrogens with two attached hydrogens (primary N) is 2. The van der Waals surface area contributed by atoms with E-state index in [-0.39, 0.29) is 52.4 Å². The number of aryl methyl sites for hydroxylation is 3. The lowest BCUT2D eigenvalue weighted by Crippen LogP contribution is -2.05. The van der Waals surface area contributed by atoms with Gasteiger partial charge in [0.05, 0.1) is 17.0 Å². The summed E-state index contributed by atoms with van der Waals surface area (Å²) < 4.78 is 5.58. The molecule has 7 N–H and O–H groups in total. The van der Waals surface area contributed by atoms with Crippen molar-refractivity contribution in [3.8, 4) is 61.5 Å². The molecule has 12 nitrogen and oxygen atoms in total. The molecule has 250 valence electrons. The molecule has 0 unspecified atom stereocenters. The number of aromatic hydroxyl groups is 3. The standard InChI is InChI=1S/C37H31N7O5S/c1-4-19-10-24(30-27(15-41-37(39)44-30)35-42-17(2)16-50-35)33(48)26(32(19)47)11-21-14-40-36(38)43-29(21)25-12-23-22(20-8-6-5-7-9-20)13-28(45)49-34(23)18(3)31(25)46/h5-10,12-16,46-48H,4,11H2,1-3H3,(H2,38,40,43)(H2,39,41,44). The molecule has 3 aromatic carbocycles. The zero-order valence-corrected chi connectivity index (χ0v) is 28.0. The number of thiazole rings is 1. The van der Waals surface area contributed by atoms with Gasteiger partial charge in [-0.05, 0) is 49.1 Å². The van der Waals surface area contributed by atoms with E-state index in [1.54, 1.807) is 25.3 Å². The first-order valence-electron chi connectivity index (χ1n) is 15.6. The number of hydrogen-bond donors (Lipinski definition) is 5. The van der Waals surface area contributed by atoms with E-state index >= 15 is 0 Å². The Kier molecular flexibility index (Phi) is 8.12. The van der Waals surface area contributed by atoms with Crippen molar-refractivity contribution in [3.05, 3.63) is 105 Å². The van der Waals surface area contributed by atoms with Crippen LogP contribution in [0.1, 0.15) is 34.9 Å². The normalized spacial score (nSPS) is 11.3. The lowest BCUT2D eigenvalue weighted by molar-refractivity contribution is 0.437. The van der Waals surface area contributed by atoms with Crippen LogP contribution in [0.3, 0.4) is 0 Å². The number of anilines is 2. The summed E-state index contributed by atoms with van der Waals surface area (Å²) in [7, 11) is 0. The predicted molar refractivity (Wildman–Crippen MR) is 193 cm³/mol. The van der Waals surface area contributed by atoms with Crippen molar-refractivity contribution in [2.75, 3.05) is 11.5 Å². The number of benzene rings is 3. The Bertz CT molecular complexity index is 2510. The third kappa shape index (κ3) is 5.62. The van der Waals surface area contributed by atoms with Crippen LogP contribution in [-0.4, -0.2) is 40.2 Å². The molecule has 7 aromatic rings. The van der Waals surface area contributed by atoms with E-state index in [9.17, 15) is 20.1 Å². The van der Waals surface area contributed by atoms with Crippen LogP contribution in [0, 0.1) is 13.8 Å². The molecule has 13 heteroatoms. The van der Waals surface area contributed by atoms with Crippen LogP contribution in [0.15, 0.2) is 75.5 Å². The smallest absolute Gasteiger partial charge is 0.336 e. The molecular formula is C37H31N7O5S. The second-order valence-electron chi connectivity index (χ2n) is 11.8. The third-order valence-corrected chi connectivity index (χ3v) is 9.57. The van der Waals surface area contributed by atoms with Crippen molar-refractivity contribution in [1.29, 1.82) is 0 Å². The van der Waals surface area contributed by atoms with Crippen molar-refractivity contribution in [1.82, 2.24) is 24.9 Å². The van der Waals surface area contributed by atoms with Crippen LogP contribution < -0.4 is 17.1 Å². The molecule has 7 rings (SSSR count). The molecule has 0 aliphatic heterocycles. The number of rotatable bonds is 7. The second-order valence-corrected chi connectivity index (χ2v) is 12.7. The molecule has 0 fully saturated rings. The zero-order valence-electron chi connectivity index (χ0n) is 27.2. The van der Waals surface area contributed by atoms with Gasteiger partial charge < -0.3 is 31.2 Å². The Balaban J connectivity index is 1.43. The van der Waals surface area contributed by atoms with E-state index in [4.69, 9.17) is 15.9 Å². The molecule has 0 saturated carbocycles. The molecule has 0 radical (unpaired) electrons. The highest BCUT2D eigenvalue weighted by atomic mass is 32.1. The summed E-state index contributed by atoms with van der Waals surface area (Å²) in [4.78, 5) is 34.6. The minimum atomic E-state index is -0.560. The Morgan fingerprint density at radius 3 is 2.18 bits per heavy atom. The van der Waals surface area contributed by atoms with Gasteiger partial charge in [0.25, 0.3) is 0 Å². The number of fused-ring (bicyclic) bond motifs is 1. The largest absolute Gasteiger partial charge is 0.507 e. The fourth-order valence-corrected chi connectivity index (χ4v) is 6.90. The maximum Gasteiger partial charge on any atom is 0.336 e. The summed E-state index contributed by atoms with van der Waals surface area (Å²) in [6.45, 7) is 5.41. The van der Waals surface area contributed by atoms with E-state index in [2.05, 4.69) is 24.9 Å². The molecule has 4 heterocycles. The predicted octanol–water partition coefficient (Wildman–Crippen LogP) is 6.55. The fraction of sp³-hybridized carbons (Fsp3) is 0.135. The van der Waals surface area contributed by atoms with Crippen LogP contribution >= 0.6 is 11.3 Å². The number of hydrogen-bond acceptors (Lipinski definition) is 13. The highest BCUT2D eigenvalue weighted by molar-refractivity contribution is 7.13. The van der Waals surface area contributed by atoms with Gasteiger partial charge in [0.1, 0.15) is 27.8 Å². The van der Waals surface area contributed by atoms with Gasteiger partial charge in [0.2, 0.25) is 11.9 Å². The van der Waals surface area contributed by atoms with Gasteiger partial charge in [-0.3, -0.25) is 0 Å². The molecule has 0 amide bonds. The lowest BCUT2D eigenvalue weighted by Gasteiger charge is -2.18. The first-order valence-corrected chi connectivity index (χ1v) is 16.5. The van der Waals surface area contributed by atoms with Gasteiger partial charge in [0, 0.05) is 69.2 Å². The average molecular weight is 686 g/mol. The number of nitrogen functional groups attached to an aromatic ring is 2. The summed E-state index contributed by atoms with van der Waals surface area (Å²) in [5, 5.41) is 38.0. The molecule has 4 aromatic heterocycles. The number of nitrogens with zero attached hydrogens (tertiary/aromatic N) is 5. The van der Waals surface area contributed by atoms with Gasteiger partial charge in [0.15, 0.2) is 0 Å². The average Bonchev–Trinajstić information content (AvgIpc) is 3.55. The molecular weight excluding hydrogens is 655 g/mol. The number of phenols is 3. The summed E-state index contributed by atoms with van der Waals surface area (Å²) in [6, 6.07) is 14.1. The summed E-state index contributed by atoms with van der Waals surface area (Å²) in [6.07, 6.45) is 3.42. The summed E-state index contributed by atoms with van der Waals surface area (Å²) >= 11 is 1.41. The lowest BCUT2D eigenvalue weighted by atomic mass is 9.91. The molecule has 50 heavy (non-hydrogen) atoms. The quantitative estimate of drug-likeness (QED) is 0.113. The monoisotopic (exact) mass is 685 g/mol. The fourth-order valence-electron chi connectivity index (χ4n) is 6.09. The second kappa shape index (κ2) is 12.6. The Labute approximate surface area is 289 Å². The van der Waals surface area contributed by atoms with Crippen LogP contribution in [0.5, 0.6) is 17.2 Å². The van der Waals surface area contributed by atoms with E-state index < -0.39 is 5.63 Å². The molecule has 0 saturated heterocycles. The topological polar surface area (TPSA) is 207 Å². The zero-order chi connectivity index (χ0) is 35.3. The van der Waals surface area contributed by atoms with Gasteiger partial charge in [-0.1, -0.05) is 37.3 Å². The highest BCUT2D eigenvalue weighted by Gasteiger charge is 2.26. The Morgan fingerprint density at radius 1 is 0.780 bits per heavy atom. The van der Waals surface area contributed by atoms with Crippen molar-refractivity contribution >= 4 is 34.2 Å². The summed E-state index contributed by atoms with van der Waals surface area (Å²) in [5.74, 6) is -0.577. The van der Waals surface area contributed by atoms with Crippen LogP contribution in [0.4, 0.5) is 11.9 Å². The number of aromatic nitrogens is 5. The van der Waals surface area contributed by atoms with Crippen molar-refractivity contribution in [2.45, 2.75) is 33.6 Å². The Hall–Kier alpha value is -6.34. The van der Waals surface area contributed by atoms with Crippen molar-refractivity contribution in [3.63, 3.8) is 0 Å². The Morgan fingerprint density at radius 2 is 1.48 bits per heavy atom.